The van der Waals surface area contributed by atoms with E-state index in [0.717, 1.165) is 23.9 Å². The summed E-state index contributed by atoms with van der Waals surface area (Å²) in [5, 5.41) is 18.4. The van der Waals surface area contributed by atoms with Crippen molar-refractivity contribution >= 4 is 69.8 Å². The van der Waals surface area contributed by atoms with Crippen molar-refractivity contribution in [2.24, 2.45) is 0 Å². The molecule has 2 aromatic heterocycles. The molecule has 0 aliphatic carbocycles. The number of carbonyl (C=O) groups excluding carboxylic acids is 2. The average Bonchev–Trinajstić information content (AvgIpc) is 3.69. The van der Waals surface area contributed by atoms with E-state index in [9.17, 15) is 48.7 Å². The van der Waals surface area contributed by atoms with Crippen molar-refractivity contribution in [3.8, 4) is 0 Å². The molecule has 0 aliphatic rings. The largest absolute Gasteiger partial charge is 1.00 e. The summed E-state index contributed by atoms with van der Waals surface area (Å²) in [6, 6.07) is 2.47. The van der Waals surface area contributed by atoms with E-state index in [1.54, 1.807) is 6.26 Å². The predicted octanol–water partition coefficient (Wildman–Crippen LogP) is 3.58. The number of anilines is 2. The van der Waals surface area contributed by atoms with Gasteiger partial charge in [0.15, 0.2) is 5.82 Å². The number of aromatic nitrogens is 4. The number of thioether (sulfide) groups is 1. The Balaban J connectivity index is 0.000000488. The number of nitrogens with one attached hydrogen (secondary N) is 2. The molecule has 0 radical (unpaired) electrons. The van der Waals surface area contributed by atoms with Gasteiger partial charge in [-0.15, -0.1) is 22.0 Å². The molecule has 2 aromatic carbocycles. The van der Waals surface area contributed by atoms with Crippen molar-refractivity contribution in [3.63, 3.8) is 0 Å². The van der Waals surface area contributed by atoms with Crippen LogP contribution in [0, 0.1) is 19.7 Å². The summed E-state index contributed by atoms with van der Waals surface area (Å²) in [6.07, 6.45) is -6.48. The molecule has 0 bridgehead atoms. The molecule has 12 nitrogen and oxygen atoms in total. The second kappa shape index (κ2) is 20.6. The van der Waals surface area contributed by atoms with Gasteiger partial charge in [0.05, 0.1) is 53.6 Å². The van der Waals surface area contributed by atoms with Crippen LogP contribution in [0.5, 0.6) is 0 Å². The van der Waals surface area contributed by atoms with Crippen LogP contribution in [-0.2, 0) is 46.6 Å². The van der Waals surface area contributed by atoms with E-state index >= 15 is 0 Å². The molecule has 2 atom stereocenters. The molecule has 4 rings (SSSR count). The van der Waals surface area contributed by atoms with E-state index in [2.05, 4.69) is 43.7 Å². The van der Waals surface area contributed by atoms with Crippen LogP contribution in [0.2, 0.25) is 0 Å². The molecule has 52 heavy (non-hydrogen) atoms. The molecule has 0 saturated carbocycles. The maximum atomic E-state index is 14.4. The Kier molecular flexibility index (Phi) is 18.7. The zero-order valence-corrected chi connectivity index (χ0v) is 33.5. The van der Waals surface area contributed by atoms with E-state index in [1.165, 1.54) is 34.0 Å². The Hall–Kier alpha value is -2.83. The number of halogens is 7. The number of hydrogen-bond acceptors (Lipinski definition) is 12. The molecule has 280 valence electrons. The van der Waals surface area contributed by atoms with Gasteiger partial charge in [-0.3, -0.25) is 28.6 Å². The van der Waals surface area contributed by atoms with E-state index in [1.807, 2.05) is 0 Å². The van der Waals surface area contributed by atoms with Crippen LogP contribution in [0.15, 0.2) is 47.8 Å². The van der Waals surface area contributed by atoms with E-state index < -0.39 is 78.1 Å². The number of nitrogens with zero attached hydrogens (tertiary/aromatic N) is 4. The third-order valence-electron chi connectivity index (χ3n) is 5.99. The van der Waals surface area contributed by atoms with Crippen molar-refractivity contribution in [1.82, 2.24) is 20.4 Å². The van der Waals surface area contributed by atoms with Crippen LogP contribution in [-0.4, -0.2) is 64.6 Å². The van der Waals surface area contributed by atoms with Crippen LogP contribution < -0.4 is 40.2 Å². The first kappa shape index (κ1) is 47.2. The van der Waals surface area contributed by atoms with Crippen LogP contribution in [0.3, 0.4) is 0 Å². The topological polar surface area (TPSA) is 170 Å². The van der Waals surface area contributed by atoms with Gasteiger partial charge in [-0.05, 0) is 30.5 Å². The van der Waals surface area contributed by atoms with Gasteiger partial charge in [0.25, 0.3) is 11.8 Å². The first-order valence-electron chi connectivity index (χ1n) is 13.9. The molecular formula is C28H28F7N6NaO6S4. The average molecular weight is 829 g/mol. The minimum Gasteiger partial charge on any atom is -0.796 e. The first-order chi connectivity index (χ1) is 23.8. The molecule has 2 N–H and O–H groups in total. The Bertz CT molecular complexity index is 1910. The first-order valence-corrected chi connectivity index (χ1v) is 18.6. The SMILES string of the molecule is CCS(=O)c1c(C(F)(F)F)ccc(C(=O)Nc2nnc(C)o2)c1F.CCS(=O)c1c(C(F)(F)F)ccc(C(=O)Nc2nnc(C)o2)c1SC.C[S-].[Na+]. The van der Waals surface area contributed by atoms with Gasteiger partial charge in [-0.1, -0.05) is 24.0 Å². The number of carbonyl (C=O) groups is 2. The van der Waals surface area contributed by atoms with Gasteiger partial charge in [-0.25, -0.2) is 4.39 Å². The van der Waals surface area contributed by atoms with Gasteiger partial charge in [-0.2, -0.15) is 32.6 Å². The molecule has 0 saturated heterocycles. The number of hydrogen-bond donors (Lipinski definition) is 2. The van der Waals surface area contributed by atoms with Gasteiger partial charge >= 0.3 is 53.9 Å². The summed E-state index contributed by atoms with van der Waals surface area (Å²) in [6.45, 7) is 5.82. The minimum absolute atomic E-state index is 0. The normalized spacial score (nSPS) is 12.3. The Morgan fingerprint density at radius 1 is 0.750 bits per heavy atom. The number of rotatable bonds is 9. The number of benzene rings is 2. The molecule has 2 unspecified atom stereocenters. The van der Waals surface area contributed by atoms with Crippen LogP contribution in [0.25, 0.3) is 0 Å². The summed E-state index contributed by atoms with van der Waals surface area (Å²) in [5.41, 5.74) is -3.16. The summed E-state index contributed by atoms with van der Waals surface area (Å²) >= 11 is 5.00. The summed E-state index contributed by atoms with van der Waals surface area (Å²) in [5.74, 6) is -3.22. The fourth-order valence-electron chi connectivity index (χ4n) is 3.88. The maximum Gasteiger partial charge on any atom is 1.00 e. The van der Waals surface area contributed by atoms with Gasteiger partial charge in [0, 0.05) is 30.2 Å². The van der Waals surface area contributed by atoms with Crippen LogP contribution in [0.1, 0.15) is 57.5 Å². The molecule has 0 aliphatic heterocycles. The van der Waals surface area contributed by atoms with Crippen LogP contribution in [0.4, 0.5) is 42.8 Å². The molecule has 2 amide bonds. The quantitative estimate of drug-likeness (QED) is 0.109. The smallest absolute Gasteiger partial charge is 0.796 e. The summed E-state index contributed by atoms with van der Waals surface area (Å²) in [7, 11) is -4.16. The van der Waals surface area contributed by atoms with E-state index in [0.29, 0.717) is 12.1 Å². The van der Waals surface area contributed by atoms with Gasteiger partial charge in [0.2, 0.25) is 11.8 Å². The molecule has 2 heterocycles. The zero-order valence-electron chi connectivity index (χ0n) is 28.2. The molecular weight excluding hydrogens is 801 g/mol. The summed E-state index contributed by atoms with van der Waals surface area (Å²) < 4.78 is 127. The zero-order chi connectivity index (χ0) is 38.8. The standard InChI is InChI=1S/C14H14F3N3O3S2.C13H11F4N3O3S.CH4S.Na/c1-4-25(22)11-9(14(15,16)17)6-5-8(10(11)24-3)12(21)18-13-20-19-7(2)23-13;1-3-24(22)10-8(13(15,16)17)5-4-7(9(10)14)11(21)18-12-20-19-6(2)23-12;1-2;/h5-6H,4H2,1-3H3,(H,18,20,21);4-5H,3H2,1-2H3,(H,18,20,21);2H,1H3;/q;;;+1/p-1. The van der Waals surface area contributed by atoms with Crippen LogP contribution >= 0.6 is 11.8 Å². The van der Waals surface area contributed by atoms with Crippen molar-refractivity contribution in [3.05, 3.63) is 64.1 Å². The van der Waals surface area contributed by atoms with Crippen molar-refractivity contribution in [2.75, 3.05) is 34.7 Å². The fraction of sp³-hybridized carbons (Fsp3) is 0.357. The third-order valence-corrected chi connectivity index (χ3v) is 9.73. The fourth-order valence-corrected chi connectivity index (χ4v) is 7.15. The Labute approximate surface area is 328 Å². The number of aryl methyl sites for hydroxylation is 2. The van der Waals surface area contributed by atoms with Gasteiger partial charge < -0.3 is 21.5 Å². The number of alkyl halides is 6. The van der Waals surface area contributed by atoms with E-state index in [4.69, 9.17) is 8.83 Å². The predicted molar refractivity (Wildman–Crippen MR) is 176 cm³/mol. The third kappa shape index (κ3) is 12.1. The van der Waals surface area contributed by atoms with Crippen molar-refractivity contribution < 1.29 is 87.1 Å². The molecule has 0 spiro atoms. The van der Waals surface area contributed by atoms with Crippen molar-refractivity contribution in [1.29, 1.82) is 0 Å². The van der Waals surface area contributed by atoms with Gasteiger partial charge in [0.1, 0.15) is 0 Å². The number of amides is 2. The molecule has 4 aromatic rings. The van der Waals surface area contributed by atoms with Crippen molar-refractivity contribution in [2.45, 2.75) is 54.7 Å². The second-order valence-corrected chi connectivity index (χ2v) is 13.4. The maximum absolute atomic E-state index is 14.4. The molecule has 24 heteroatoms. The second-order valence-electron chi connectivity index (χ2n) is 9.25. The molecule has 0 fully saturated rings. The minimum atomic E-state index is -4.90. The Morgan fingerprint density at radius 3 is 1.50 bits per heavy atom. The monoisotopic (exact) mass is 828 g/mol. The summed E-state index contributed by atoms with van der Waals surface area (Å²) in [4.78, 5) is 23.0. The van der Waals surface area contributed by atoms with E-state index in [-0.39, 0.29) is 75.3 Å². The Morgan fingerprint density at radius 2 is 1.13 bits per heavy atom.